The van der Waals surface area contributed by atoms with Crippen molar-refractivity contribution in [3.8, 4) is 23.1 Å². The van der Waals surface area contributed by atoms with Crippen LogP contribution in [-0.4, -0.2) is 10.2 Å². The summed E-state index contributed by atoms with van der Waals surface area (Å²) in [5.74, 6) is -2.78. The van der Waals surface area contributed by atoms with Crippen LogP contribution >= 0.6 is 0 Å². The summed E-state index contributed by atoms with van der Waals surface area (Å²) >= 11 is 0. The van der Waals surface area contributed by atoms with E-state index in [-0.39, 0.29) is 34.4 Å². The Morgan fingerprint density at radius 2 is 1.24 bits per heavy atom. The zero-order valence-electron chi connectivity index (χ0n) is 18.5. The molecule has 2 heterocycles. The molecule has 5 aromatic rings. The minimum absolute atomic E-state index is 0.0826. The molecule has 0 saturated carbocycles. The molecule has 0 saturated heterocycles. The van der Waals surface area contributed by atoms with Gasteiger partial charge in [0.05, 0.1) is 17.4 Å². The molecule has 3 aromatic carbocycles. The summed E-state index contributed by atoms with van der Waals surface area (Å²) in [5, 5.41) is 8.69. The van der Waals surface area contributed by atoms with Gasteiger partial charge in [0, 0.05) is 10.8 Å². The quantitative estimate of drug-likeness (QED) is 0.169. The summed E-state index contributed by atoms with van der Waals surface area (Å²) < 4.78 is 134. The van der Waals surface area contributed by atoms with E-state index in [2.05, 4.69) is 10.2 Å². The van der Waals surface area contributed by atoms with Crippen LogP contribution < -0.4 is 4.74 Å². The number of aromatic nitrogens is 2. The zero-order valence-corrected chi connectivity index (χ0v) is 18.5. The second-order valence-corrected chi connectivity index (χ2v) is 8.04. The zero-order chi connectivity index (χ0) is 27.5. The highest BCUT2D eigenvalue weighted by Crippen LogP contribution is 2.51. The summed E-state index contributed by atoms with van der Waals surface area (Å²) in [6, 6.07) is 12.1. The van der Waals surface area contributed by atoms with E-state index < -0.39 is 46.8 Å². The third-order valence-corrected chi connectivity index (χ3v) is 5.62. The average molecular weight is 542 g/mol. The molecular formula is C25H11F9N2O2. The van der Waals surface area contributed by atoms with E-state index in [0.717, 1.165) is 0 Å². The van der Waals surface area contributed by atoms with Gasteiger partial charge in [0.1, 0.15) is 11.3 Å². The van der Waals surface area contributed by atoms with Crippen LogP contribution in [0.5, 0.6) is 11.6 Å². The fraction of sp³-hybridized carbons (Fsp3) is 0.120. The predicted octanol–water partition coefficient (Wildman–Crippen LogP) is 8.89. The highest BCUT2D eigenvalue weighted by atomic mass is 19.4. The largest absolute Gasteiger partial charge is 0.463 e. The lowest BCUT2D eigenvalue weighted by molar-refractivity contribution is -0.164. The van der Waals surface area contributed by atoms with Gasteiger partial charge in [-0.15, -0.1) is 10.2 Å². The molecule has 0 atom stereocenters. The van der Waals surface area contributed by atoms with Crippen molar-refractivity contribution >= 4 is 21.5 Å². The van der Waals surface area contributed by atoms with Crippen LogP contribution in [0.3, 0.4) is 0 Å². The van der Waals surface area contributed by atoms with Crippen LogP contribution in [0.2, 0.25) is 0 Å². The first-order chi connectivity index (χ1) is 17.7. The molecule has 0 fully saturated rings. The third kappa shape index (κ3) is 4.48. The van der Waals surface area contributed by atoms with E-state index >= 15 is 0 Å². The highest BCUT2D eigenvalue weighted by Gasteiger charge is 2.49. The number of furan rings is 1. The number of nitrogens with zero attached hydrogens (tertiary/aromatic N) is 2. The van der Waals surface area contributed by atoms with Crippen molar-refractivity contribution in [1.82, 2.24) is 10.2 Å². The van der Waals surface area contributed by atoms with E-state index in [1.165, 1.54) is 30.5 Å². The monoisotopic (exact) mass is 542 g/mol. The Labute approximate surface area is 206 Å². The van der Waals surface area contributed by atoms with Crippen LogP contribution in [-0.2, 0) is 18.5 Å². The molecular weight excluding hydrogens is 531 g/mol. The predicted molar refractivity (Wildman–Crippen MR) is 116 cm³/mol. The molecule has 0 unspecified atom stereocenters. The Kier molecular flexibility index (Phi) is 5.76. The van der Waals surface area contributed by atoms with Crippen LogP contribution in [0.4, 0.5) is 39.5 Å². The van der Waals surface area contributed by atoms with Gasteiger partial charge in [-0.2, -0.15) is 39.5 Å². The first-order valence-corrected chi connectivity index (χ1v) is 10.5. The van der Waals surface area contributed by atoms with Gasteiger partial charge in [-0.05, 0) is 47.2 Å². The number of halogens is 9. The van der Waals surface area contributed by atoms with Gasteiger partial charge in [-0.25, -0.2) is 0 Å². The smallest absolute Gasteiger partial charge is 0.420 e. The first kappa shape index (κ1) is 25.4. The number of benzene rings is 3. The molecule has 4 nitrogen and oxygen atoms in total. The molecule has 0 aliphatic heterocycles. The van der Waals surface area contributed by atoms with Crippen molar-refractivity contribution < 1.29 is 48.7 Å². The summed E-state index contributed by atoms with van der Waals surface area (Å²) in [4.78, 5) is 0. The Morgan fingerprint density at radius 3 is 1.79 bits per heavy atom. The van der Waals surface area contributed by atoms with Crippen LogP contribution in [0.1, 0.15) is 16.7 Å². The number of alkyl halides is 9. The Bertz CT molecular complexity index is 1650. The van der Waals surface area contributed by atoms with Gasteiger partial charge in [0.25, 0.3) is 0 Å². The van der Waals surface area contributed by atoms with Gasteiger partial charge < -0.3 is 9.15 Å². The third-order valence-electron chi connectivity index (χ3n) is 5.62. The van der Waals surface area contributed by atoms with Crippen LogP contribution in [0.25, 0.3) is 33.0 Å². The Balaban J connectivity index is 1.83. The van der Waals surface area contributed by atoms with Gasteiger partial charge in [-0.1, -0.05) is 24.3 Å². The fourth-order valence-corrected chi connectivity index (χ4v) is 4.01. The summed E-state index contributed by atoms with van der Waals surface area (Å²) in [6.07, 6.45) is -15.7. The molecule has 13 heteroatoms. The highest BCUT2D eigenvalue weighted by molar-refractivity contribution is 6.05. The lowest BCUT2D eigenvalue weighted by Crippen LogP contribution is -2.21. The average Bonchev–Trinajstić information content (AvgIpc) is 3.35. The summed E-state index contributed by atoms with van der Waals surface area (Å²) in [5.41, 5.74) is -6.96. The molecule has 0 N–H and O–H groups in total. The maximum Gasteiger partial charge on any atom is 0.420 e. The van der Waals surface area contributed by atoms with E-state index in [1.807, 2.05) is 0 Å². The first-order valence-electron chi connectivity index (χ1n) is 10.5. The van der Waals surface area contributed by atoms with E-state index in [9.17, 15) is 39.5 Å². The van der Waals surface area contributed by atoms with E-state index in [4.69, 9.17) is 9.15 Å². The molecule has 196 valence electrons. The molecule has 0 bridgehead atoms. The SMILES string of the molecule is FC(F)(F)c1ccc(C(F)(F)F)c(C(F)(F)F)c1Oc1nnc(-c2ccco2)c2cc3ccccc3cc12. The molecule has 2 aromatic heterocycles. The number of rotatable bonds is 3. The number of hydrogen-bond acceptors (Lipinski definition) is 4. The fourth-order valence-electron chi connectivity index (χ4n) is 4.01. The normalized spacial score (nSPS) is 12.9. The maximum atomic E-state index is 13.9. The molecule has 38 heavy (non-hydrogen) atoms. The molecule has 0 spiro atoms. The van der Waals surface area contributed by atoms with E-state index in [1.54, 1.807) is 24.3 Å². The van der Waals surface area contributed by atoms with E-state index in [0.29, 0.717) is 10.8 Å². The Hall–Kier alpha value is -4.29. The van der Waals surface area contributed by atoms with Gasteiger partial charge in [-0.3, -0.25) is 0 Å². The second kappa shape index (κ2) is 8.64. The van der Waals surface area contributed by atoms with Crippen molar-refractivity contribution in [3.05, 3.63) is 83.6 Å². The Morgan fingerprint density at radius 1 is 0.632 bits per heavy atom. The minimum Gasteiger partial charge on any atom is -0.463 e. The lowest BCUT2D eigenvalue weighted by Gasteiger charge is -2.22. The van der Waals surface area contributed by atoms with Crippen molar-refractivity contribution in [2.45, 2.75) is 18.5 Å². The molecule has 0 amide bonds. The standard InChI is InChI=1S/C25H11F9N2O2/c26-23(27,28)16-7-8-17(24(29,30)31)21(19(16)25(32,33)34)38-22-15-11-13-5-2-1-4-12(13)10-14(15)20(35-36-22)18-6-3-9-37-18/h1-11H. The van der Waals surface area contributed by atoms with Gasteiger partial charge in [0.2, 0.25) is 5.88 Å². The maximum absolute atomic E-state index is 13.9. The topological polar surface area (TPSA) is 48.2 Å². The van der Waals surface area contributed by atoms with Gasteiger partial charge >= 0.3 is 18.5 Å². The second-order valence-electron chi connectivity index (χ2n) is 8.04. The van der Waals surface area contributed by atoms with Crippen molar-refractivity contribution in [1.29, 1.82) is 0 Å². The number of ether oxygens (including phenoxy) is 1. The van der Waals surface area contributed by atoms with Crippen LogP contribution in [0, 0.1) is 0 Å². The molecule has 5 rings (SSSR count). The molecule has 0 aliphatic rings. The molecule has 0 aliphatic carbocycles. The van der Waals surface area contributed by atoms with Crippen molar-refractivity contribution in [2.75, 3.05) is 0 Å². The van der Waals surface area contributed by atoms with Gasteiger partial charge in [0.15, 0.2) is 11.5 Å². The van der Waals surface area contributed by atoms with Crippen LogP contribution in [0.15, 0.2) is 71.3 Å². The van der Waals surface area contributed by atoms with Crippen molar-refractivity contribution in [3.63, 3.8) is 0 Å². The lowest BCUT2D eigenvalue weighted by atomic mass is 10.00. The minimum atomic E-state index is -5.87. The number of hydrogen-bond donors (Lipinski definition) is 0. The summed E-state index contributed by atoms with van der Waals surface area (Å²) in [6.45, 7) is 0. The number of fused-ring (bicyclic) bond motifs is 2. The molecule has 0 radical (unpaired) electrons. The summed E-state index contributed by atoms with van der Waals surface area (Å²) in [7, 11) is 0. The van der Waals surface area contributed by atoms with Crippen molar-refractivity contribution in [2.24, 2.45) is 0 Å².